The third kappa shape index (κ3) is 10.9. The molecule has 1 fully saturated rings. The number of nitrogens with zero attached hydrogens (tertiary/aromatic N) is 4. The summed E-state index contributed by atoms with van der Waals surface area (Å²) in [5, 5.41) is 32.5. The third-order valence-corrected chi connectivity index (χ3v) is 12.1. The van der Waals surface area contributed by atoms with Gasteiger partial charge in [-0.1, -0.05) is 48.0 Å². The predicted octanol–water partition coefficient (Wildman–Crippen LogP) is 6.38. The summed E-state index contributed by atoms with van der Waals surface area (Å²) in [5.41, 5.74) is 7.84. The number of pyridine rings is 1. The number of halogens is 1. The van der Waals surface area contributed by atoms with E-state index in [1.807, 2.05) is 6.07 Å². The van der Waals surface area contributed by atoms with Crippen molar-refractivity contribution in [2.45, 2.75) is 52.6 Å². The summed E-state index contributed by atoms with van der Waals surface area (Å²) in [5.74, 6) is 1.86. The highest BCUT2D eigenvalue weighted by Gasteiger charge is 2.24. The molecule has 0 atom stereocenters. The van der Waals surface area contributed by atoms with Gasteiger partial charge in [-0.2, -0.15) is 15.9 Å². The Labute approximate surface area is 325 Å². The summed E-state index contributed by atoms with van der Waals surface area (Å²) in [6, 6.07) is 20.0. The van der Waals surface area contributed by atoms with Gasteiger partial charge in [0.15, 0.2) is 0 Å². The van der Waals surface area contributed by atoms with E-state index in [0.29, 0.717) is 39.2 Å². The van der Waals surface area contributed by atoms with Gasteiger partial charge in [0.1, 0.15) is 30.8 Å². The number of hydrogen-bond donors (Lipinski definition) is 5. The van der Waals surface area contributed by atoms with Crippen LogP contribution in [0.4, 0.5) is 0 Å². The Morgan fingerprint density at radius 1 is 0.926 bits per heavy atom. The monoisotopic (exact) mass is 777 g/mol. The van der Waals surface area contributed by atoms with E-state index in [9.17, 15) is 24.6 Å². The Morgan fingerprint density at radius 2 is 1.57 bits per heavy atom. The van der Waals surface area contributed by atoms with Gasteiger partial charge in [-0.25, -0.2) is 0 Å². The van der Waals surface area contributed by atoms with E-state index >= 15 is 0 Å². The average Bonchev–Trinajstić information content (AvgIpc) is 3.17. The van der Waals surface area contributed by atoms with Gasteiger partial charge in [0, 0.05) is 68.9 Å². The number of likely N-dealkylation sites (N-methyl/N-ethyl adjacent to an activating group) is 1. The quantitative estimate of drug-likeness (QED) is 0.0812. The van der Waals surface area contributed by atoms with Gasteiger partial charge in [0.25, 0.3) is 0 Å². The molecule has 5 rings (SSSR count). The van der Waals surface area contributed by atoms with E-state index in [0.717, 1.165) is 55.0 Å². The Morgan fingerprint density at radius 3 is 2.24 bits per heavy atom. The minimum absolute atomic E-state index is 0.151. The lowest BCUT2D eigenvalue weighted by Crippen LogP contribution is -2.48. The van der Waals surface area contributed by atoms with Crippen LogP contribution in [0.25, 0.3) is 11.1 Å². The fraction of sp³-hybridized carbons (Fsp3) is 0.415. The van der Waals surface area contributed by atoms with Crippen LogP contribution in [0, 0.1) is 25.2 Å². The molecule has 1 aliphatic heterocycles. The molecule has 0 saturated carbocycles. The molecule has 0 amide bonds. The van der Waals surface area contributed by atoms with Gasteiger partial charge in [0.2, 0.25) is 0 Å². The number of aliphatic hydroxyl groups is 2. The molecule has 1 aromatic heterocycles. The largest absolute Gasteiger partial charge is 0.488 e. The van der Waals surface area contributed by atoms with Crippen molar-refractivity contribution in [3.8, 4) is 28.7 Å². The molecule has 2 heterocycles. The lowest BCUT2D eigenvalue weighted by atomic mass is 9.91. The molecule has 13 heteroatoms. The smallest absolute Gasteiger partial charge is 0.142 e. The zero-order valence-electron chi connectivity index (χ0n) is 31.5. The average molecular weight is 778 g/mol. The first-order chi connectivity index (χ1) is 25.8. The van der Waals surface area contributed by atoms with E-state index in [1.54, 1.807) is 31.3 Å². The van der Waals surface area contributed by atoms with Crippen LogP contribution in [0.5, 0.6) is 11.5 Å². The molecule has 290 valence electrons. The van der Waals surface area contributed by atoms with Gasteiger partial charge in [0.05, 0.1) is 40.8 Å². The minimum atomic E-state index is -2.39. The van der Waals surface area contributed by atoms with E-state index in [2.05, 4.69) is 77.4 Å². The van der Waals surface area contributed by atoms with Crippen LogP contribution < -0.4 is 14.8 Å². The molecular formula is C41H52ClN5O6S. The highest BCUT2D eigenvalue weighted by molar-refractivity contribution is 8.24. The van der Waals surface area contributed by atoms with Crippen molar-refractivity contribution in [2.24, 2.45) is 0 Å². The van der Waals surface area contributed by atoms with Crippen LogP contribution in [-0.4, -0.2) is 97.6 Å². The van der Waals surface area contributed by atoms with Gasteiger partial charge in [-0.3, -0.25) is 19.0 Å². The summed E-state index contributed by atoms with van der Waals surface area (Å²) in [6.07, 6.45) is 3.14. The molecule has 5 N–H and O–H groups in total. The van der Waals surface area contributed by atoms with Crippen molar-refractivity contribution in [3.63, 3.8) is 0 Å². The first-order valence-corrected chi connectivity index (χ1v) is 20.3. The molecule has 1 saturated heterocycles. The number of nitriles is 1. The number of hydrogen-bond acceptors (Lipinski definition) is 11. The molecular weight excluding hydrogens is 726 g/mol. The number of ether oxygens (including phenoxy) is 2. The number of aromatic nitrogens is 1. The summed E-state index contributed by atoms with van der Waals surface area (Å²) in [6.45, 7) is 10.2. The van der Waals surface area contributed by atoms with E-state index < -0.39 is 16.1 Å². The lowest BCUT2D eigenvalue weighted by Gasteiger charge is -2.41. The van der Waals surface area contributed by atoms with Crippen LogP contribution in [0.15, 0.2) is 67.0 Å². The maximum atomic E-state index is 9.94. The highest BCUT2D eigenvalue weighted by Crippen LogP contribution is 2.40. The standard InChI is InChI=1S/C41H52ClN5O6S/c1-29-33(24-46(4)11-12-47-13-15-54(50,51)16-14-47)7-5-9-36(29)37-10-6-8-34(30(37)2)26-53-40-19-39(52-25-32-17-31(20-43)21-44-22-32)35(18-38(40)42)23-45-41(3,27-48)28-49/h5-10,17-19,21-22,45,48-51H,11-16,23-28H2,1-4H3. The Kier molecular flexibility index (Phi) is 14.4. The van der Waals surface area contributed by atoms with Crippen molar-refractivity contribution in [1.29, 1.82) is 5.26 Å². The van der Waals surface area contributed by atoms with E-state index in [4.69, 9.17) is 21.1 Å². The second kappa shape index (κ2) is 18.7. The normalized spacial score (nSPS) is 15.2. The number of rotatable bonds is 17. The van der Waals surface area contributed by atoms with Gasteiger partial charge < -0.3 is 29.9 Å². The first kappa shape index (κ1) is 41.4. The van der Waals surface area contributed by atoms with Crippen LogP contribution in [-0.2, 0) is 26.3 Å². The molecule has 1 aliphatic rings. The van der Waals surface area contributed by atoms with Gasteiger partial charge in [-0.05, 0) is 73.3 Å². The highest BCUT2D eigenvalue weighted by atomic mass is 35.5. The van der Waals surface area contributed by atoms with Crippen LogP contribution in [0.2, 0.25) is 5.02 Å². The third-order valence-electron chi connectivity index (χ3n) is 10.1. The van der Waals surface area contributed by atoms with Crippen LogP contribution >= 0.6 is 22.2 Å². The van der Waals surface area contributed by atoms with E-state index in [-0.39, 0.29) is 33.0 Å². The number of nitrogens with one attached hydrogen (secondary N) is 1. The van der Waals surface area contributed by atoms with Crippen LogP contribution in [0.1, 0.15) is 45.9 Å². The molecule has 0 radical (unpaired) electrons. The van der Waals surface area contributed by atoms with Gasteiger partial charge >= 0.3 is 0 Å². The molecule has 54 heavy (non-hydrogen) atoms. The van der Waals surface area contributed by atoms with Crippen molar-refractivity contribution < 1.29 is 28.8 Å². The molecule has 3 aromatic carbocycles. The zero-order valence-corrected chi connectivity index (χ0v) is 33.1. The lowest BCUT2D eigenvalue weighted by molar-refractivity contribution is 0.103. The Hall–Kier alpha value is -3.74. The molecule has 0 aliphatic carbocycles. The van der Waals surface area contributed by atoms with Gasteiger partial charge in [-0.15, -0.1) is 0 Å². The Balaban J connectivity index is 1.30. The Bertz CT molecular complexity index is 1920. The van der Waals surface area contributed by atoms with Crippen molar-refractivity contribution in [2.75, 3.05) is 57.9 Å². The first-order valence-electron chi connectivity index (χ1n) is 18.0. The SMILES string of the molecule is Cc1c(COc2cc(OCc3cncc(C#N)c3)c(CNC(C)(CO)CO)cc2Cl)cccc1-c1cccc(CN(C)CCN2CCS(O)(O)CC2)c1C. The molecule has 0 bridgehead atoms. The summed E-state index contributed by atoms with van der Waals surface area (Å²) in [4.78, 5) is 8.75. The topological polar surface area (TPSA) is 155 Å². The maximum absolute atomic E-state index is 9.94. The fourth-order valence-electron chi connectivity index (χ4n) is 6.32. The minimum Gasteiger partial charge on any atom is -0.488 e. The van der Waals surface area contributed by atoms with Crippen LogP contribution in [0.3, 0.4) is 0 Å². The second-order valence-electron chi connectivity index (χ2n) is 14.4. The predicted molar refractivity (Wildman–Crippen MR) is 215 cm³/mol. The molecule has 11 nitrogen and oxygen atoms in total. The van der Waals surface area contributed by atoms with E-state index in [1.165, 1.54) is 22.9 Å². The zero-order chi connectivity index (χ0) is 38.9. The second-order valence-corrected chi connectivity index (χ2v) is 17.2. The van der Waals surface area contributed by atoms with Crippen molar-refractivity contribution in [3.05, 3.63) is 111 Å². The number of benzene rings is 3. The molecule has 0 spiro atoms. The van der Waals surface area contributed by atoms with Crippen molar-refractivity contribution >= 4 is 22.2 Å². The fourth-order valence-corrected chi connectivity index (χ4v) is 7.87. The summed E-state index contributed by atoms with van der Waals surface area (Å²) < 4.78 is 32.5. The maximum Gasteiger partial charge on any atom is 0.142 e. The summed E-state index contributed by atoms with van der Waals surface area (Å²) >= 11 is 6.79. The van der Waals surface area contributed by atoms with Crippen molar-refractivity contribution in [1.82, 2.24) is 20.1 Å². The molecule has 4 aromatic rings. The summed E-state index contributed by atoms with van der Waals surface area (Å²) in [7, 11) is -0.262. The molecule has 0 unspecified atom stereocenters. The number of aliphatic hydroxyl groups excluding tert-OH is 2.